The summed E-state index contributed by atoms with van der Waals surface area (Å²) in [6.07, 6.45) is 8.88. The molecule has 2 aromatic rings. The summed E-state index contributed by atoms with van der Waals surface area (Å²) in [7, 11) is 0. The molecule has 0 aliphatic heterocycles. The van der Waals surface area contributed by atoms with Gasteiger partial charge in [0.05, 0.1) is 0 Å². The van der Waals surface area contributed by atoms with Crippen LogP contribution in [0.25, 0.3) is 11.6 Å². The molecule has 5 heteroatoms. The molecular formula is C14H17N3O2. The van der Waals surface area contributed by atoms with Gasteiger partial charge in [0, 0.05) is 12.1 Å². The molecule has 0 spiro atoms. The summed E-state index contributed by atoms with van der Waals surface area (Å²) in [5, 5.41) is 13.8. The summed E-state index contributed by atoms with van der Waals surface area (Å²) in [6.45, 7) is 0. The zero-order chi connectivity index (χ0) is 13.1. The first-order chi connectivity index (χ1) is 9.34. The Morgan fingerprint density at radius 1 is 1.16 bits per heavy atom. The topological polar surface area (TPSA) is 72.0 Å². The van der Waals surface area contributed by atoms with Crippen molar-refractivity contribution >= 4 is 0 Å². The van der Waals surface area contributed by atoms with Crippen molar-refractivity contribution in [1.29, 1.82) is 0 Å². The van der Waals surface area contributed by atoms with Crippen LogP contribution in [0.2, 0.25) is 0 Å². The average Bonchev–Trinajstić information content (AvgIpc) is 2.75. The highest BCUT2D eigenvalue weighted by Gasteiger charge is 2.21. The largest absolute Gasteiger partial charge is 0.505 e. The zero-order valence-electron chi connectivity index (χ0n) is 10.7. The average molecular weight is 259 g/mol. The summed E-state index contributed by atoms with van der Waals surface area (Å²) in [5.41, 5.74) is 0.356. The SMILES string of the molecule is Oc1cccnc1-c1nc(C2CCCCCC2)no1. The molecule has 1 aliphatic carbocycles. The Morgan fingerprint density at radius 3 is 2.68 bits per heavy atom. The van der Waals surface area contributed by atoms with Gasteiger partial charge >= 0.3 is 0 Å². The van der Waals surface area contributed by atoms with Gasteiger partial charge < -0.3 is 9.63 Å². The van der Waals surface area contributed by atoms with E-state index in [1.807, 2.05) is 0 Å². The molecule has 1 saturated carbocycles. The molecule has 19 heavy (non-hydrogen) atoms. The fourth-order valence-corrected chi connectivity index (χ4v) is 2.60. The van der Waals surface area contributed by atoms with Crippen molar-refractivity contribution < 1.29 is 9.63 Å². The van der Waals surface area contributed by atoms with Crippen molar-refractivity contribution in [3.05, 3.63) is 24.2 Å². The Hall–Kier alpha value is -1.91. The molecule has 2 heterocycles. The van der Waals surface area contributed by atoms with Gasteiger partial charge in [0.2, 0.25) is 0 Å². The second kappa shape index (κ2) is 5.38. The van der Waals surface area contributed by atoms with Gasteiger partial charge in [0.1, 0.15) is 5.75 Å². The first kappa shape index (κ1) is 12.1. The van der Waals surface area contributed by atoms with Crippen molar-refractivity contribution in [1.82, 2.24) is 15.1 Å². The highest BCUT2D eigenvalue weighted by molar-refractivity contribution is 5.55. The van der Waals surface area contributed by atoms with Crippen LogP contribution in [0.5, 0.6) is 5.75 Å². The van der Waals surface area contributed by atoms with Gasteiger partial charge in [-0.3, -0.25) is 0 Å². The number of rotatable bonds is 2. The molecule has 2 aromatic heterocycles. The maximum Gasteiger partial charge on any atom is 0.280 e. The van der Waals surface area contributed by atoms with Gasteiger partial charge in [-0.25, -0.2) is 4.98 Å². The van der Waals surface area contributed by atoms with Crippen LogP contribution < -0.4 is 0 Å². The minimum Gasteiger partial charge on any atom is -0.505 e. The fourth-order valence-electron chi connectivity index (χ4n) is 2.60. The van der Waals surface area contributed by atoms with Crippen LogP contribution in [-0.4, -0.2) is 20.2 Å². The lowest BCUT2D eigenvalue weighted by Crippen LogP contribution is -1.99. The lowest BCUT2D eigenvalue weighted by atomic mass is 10.00. The van der Waals surface area contributed by atoms with E-state index in [0.29, 0.717) is 17.5 Å². The van der Waals surface area contributed by atoms with Crippen LogP contribution in [0, 0.1) is 0 Å². The molecule has 0 saturated heterocycles. The van der Waals surface area contributed by atoms with Crippen molar-refractivity contribution in [2.75, 3.05) is 0 Å². The number of pyridine rings is 1. The van der Waals surface area contributed by atoms with Gasteiger partial charge in [-0.2, -0.15) is 4.98 Å². The molecule has 0 amide bonds. The van der Waals surface area contributed by atoms with Crippen LogP contribution >= 0.6 is 0 Å². The molecule has 1 N–H and O–H groups in total. The molecule has 0 radical (unpaired) electrons. The summed E-state index contributed by atoms with van der Waals surface area (Å²) >= 11 is 0. The Labute approximate surface area is 111 Å². The summed E-state index contributed by atoms with van der Waals surface area (Å²) in [5.74, 6) is 1.50. The van der Waals surface area contributed by atoms with E-state index in [1.54, 1.807) is 18.3 Å². The number of aromatic nitrogens is 3. The van der Waals surface area contributed by atoms with Gasteiger partial charge in [-0.05, 0) is 25.0 Å². The van der Waals surface area contributed by atoms with Crippen LogP contribution in [0.1, 0.15) is 50.3 Å². The predicted octanol–water partition coefficient (Wildman–Crippen LogP) is 3.28. The second-order valence-electron chi connectivity index (χ2n) is 5.02. The second-order valence-corrected chi connectivity index (χ2v) is 5.02. The van der Waals surface area contributed by atoms with Crippen LogP contribution in [0.3, 0.4) is 0 Å². The number of nitrogens with zero attached hydrogens (tertiary/aromatic N) is 3. The van der Waals surface area contributed by atoms with E-state index in [-0.39, 0.29) is 5.75 Å². The Morgan fingerprint density at radius 2 is 1.95 bits per heavy atom. The van der Waals surface area contributed by atoms with Crippen LogP contribution in [0.15, 0.2) is 22.9 Å². The van der Waals surface area contributed by atoms with E-state index in [9.17, 15) is 5.11 Å². The molecule has 5 nitrogen and oxygen atoms in total. The third-order valence-corrected chi connectivity index (χ3v) is 3.65. The van der Waals surface area contributed by atoms with Crippen LogP contribution in [-0.2, 0) is 0 Å². The van der Waals surface area contributed by atoms with E-state index in [2.05, 4.69) is 15.1 Å². The molecule has 0 aromatic carbocycles. The van der Waals surface area contributed by atoms with E-state index in [4.69, 9.17) is 4.52 Å². The number of hydrogen-bond donors (Lipinski definition) is 1. The maximum absolute atomic E-state index is 9.74. The third-order valence-electron chi connectivity index (χ3n) is 3.65. The van der Waals surface area contributed by atoms with Crippen molar-refractivity contribution in [3.63, 3.8) is 0 Å². The molecule has 100 valence electrons. The summed E-state index contributed by atoms with van der Waals surface area (Å²) < 4.78 is 5.24. The quantitative estimate of drug-likeness (QED) is 0.838. The predicted molar refractivity (Wildman–Crippen MR) is 69.6 cm³/mol. The Bertz CT molecular complexity index is 545. The smallest absolute Gasteiger partial charge is 0.280 e. The zero-order valence-corrected chi connectivity index (χ0v) is 10.7. The highest BCUT2D eigenvalue weighted by Crippen LogP contribution is 2.32. The number of hydrogen-bond acceptors (Lipinski definition) is 5. The van der Waals surface area contributed by atoms with Gasteiger partial charge in [0.25, 0.3) is 5.89 Å². The summed E-state index contributed by atoms with van der Waals surface area (Å²) in [6, 6.07) is 3.24. The van der Waals surface area contributed by atoms with Crippen molar-refractivity contribution in [2.24, 2.45) is 0 Å². The maximum atomic E-state index is 9.74. The fraction of sp³-hybridized carbons (Fsp3) is 0.500. The lowest BCUT2D eigenvalue weighted by molar-refractivity contribution is 0.405. The summed E-state index contributed by atoms with van der Waals surface area (Å²) in [4.78, 5) is 8.49. The van der Waals surface area contributed by atoms with Gasteiger partial charge in [-0.1, -0.05) is 30.8 Å². The monoisotopic (exact) mass is 259 g/mol. The van der Waals surface area contributed by atoms with Gasteiger partial charge in [-0.15, -0.1) is 0 Å². The minimum atomic E-state index is 0.0681. The van der Waals surface area contributed by atoms with E-state index >= 15 is 0 Å². The molecule has 1 fully saturated rings. The molecule has 3 rings (SSSR count). The third kappa shape index (κ3) is 2.59. The van der Waals surface area contributed by atoms with E-state index < -0.39 is 0 Å². The lowest BCUT2D eigenvalue weighted by Gasteiger charge is -2.07. The number of aromatic hydroxyl groups is 1. The minimum absolute atomic E-state index is 0.0681. The first-order valence-corrected chi connectivity index (χ1v) is 6.82. The van der Waals surface area contributed by atoms with E-state index in [0.717, 1.165) is 18.7 Å². The van der Waals surface area contributed by atoms with Crippen LogP contribution in [0.4, 0.5) is 0 Å². The molecular weight excluding hydrogens is 242 g/mol. The first-order valence-electron chi connectivity index (χ1n) is 6.82. The highest BCUT2D eigenvalue weighted by atomic mass is 16.5. The van der Waals surface area contributed by atoms with Crippen molar-refractivity contribution in [2.45, 2.75) is 44.4 Å². The molecule has 1 aliphatic rings. The molecule has 0 atom stereocenters. The molecule has 0 unspecified atom stereocenters. The molecule has 0 bridgehead atoms. The Balaban J connectivity index is 1.85. The van der Waals surface area contributed by atoms with Crippen molar-refractivity contribution in [3.8, 4) is 17.3 Å². The standard InChI is InChI=1S/C14H17N3O2/c18-11-8-5-9-15-12(11)14-16-13(17-19-14)10-6-3-1-2-4-7-10/h5,8-10,18H,1-4,6-7H2. The van der Waals surface area contributed by atoms with Gasteiger partial charge in [0.15, 0.2) is 11.5 Å². The normalized spacial score (nSPS) is 17.3. The van der Waals surface area contributed by atoms with E-state index in [1.165, 1.54) is 25.7 Å². The Kier molecular flexibility index (Phi) is 3.44.